The maximum absolute atomic E-state index is 12.2. The molecule has 1 aromatic heterocycles. The summed E-state index contributed by atoms with van der Waals surface area (Å²) in [6.07, 6.45) is 2.08. The number of aromatic nitrogens is 1. The molecule has 1 saturated carbocycles. The fraction of sp³-hybridized carbons (Fsp3) is 0.353. The van der Waals surface area contributed by atoms with Gasteiger partial charge in [0, 0.05) is 12.0 Å². The van der Waals surface area contributed by atoms with E-state index in [1.807, 2.05) is 19.9 Å². The van der Waals surface area contributed by atoms with E-state index in [2.05, 4.69) is 10.5 Å². The Bertz CT molecular complexity index is 762. The molecular formula is C17H18N2O4. The Balaban J connectivity index is 1.79. The minimum Gasteiger partial charge on any atom is -0.479 e. The molecule has 0 radical (unpaired) electrons. The highest BCUT2D eigenvalue weighted by molar-refractivity contribution is 5.95. The summed E-state index contributed by atoms with van der Waals surface area (Å²) in [7, 11) is 0. The van der Waals surface area contributed by atoms with Crippen molar-refractivity contribution in [1.82, 2.24) is 10.5 Å². The fourth-order valence-corrected chi connectivity index (χ4v) is 2.39. The Morgan fingerprint density at radius 3 is 2.61 bits per heavy atom. The van der Waals surface area contributed by atoms with Gasteiger partial charge in [0.15, 0.2) is 11.7 Å². The fourth-order valence-electron chi connectivity index (χ4n) is 2.39. The number of benzene rings is 1. The van der Waals surface area contributed by atoms with Crippen LogP contribution in [0.5, 0.6) is 0 Å². The number of rotatable bonds is 5. The molecule has 6 nitrogen and oxygen atoms in total. The lowest BCUT2D eigenvalue weighted by atomic mass is 10.0. The van der Waals surface area contributed by atoms with Gasteiger partial charge in [-0.15, -0.1) is 0 Å². The Labute approximate surface area is 133 Å². The molecule has 2 aromatic rings. The summed E-state index contributed by atoms with van der Waals surface area (Å²) in [6, 6.07) is 5.79. The molecule has 120 valence electrons. The van der Waals surface area contributed by atoms with Gasteiger partial charge in [-0.2, -0.15) is 0 Å². The average Bonchev–Trinajstić information content (AvgIpc) is 3.24. The highest BCUT2D eigenvalue weighted by Crippen LogP contribution is 2.40. The first-order valence-electron chi connectivity index (χ1n) is 7.53. The predicted molar refractivity (Wildman–Crippen MR) is 82.2 cm³/mol. The molecule has 1 unspecified atom stereocenters. The van der Waals surface area contributed by atoms with Crippen LogP contribution >= 0.6 is 0 Å². The van der Waals surface area contributed by atoms with Crippen LogP contribution in [-0.2, 0) is 4.79 Å². The summed E-state index contributed by atoms with van der Waals surface area (Å²) < 4.78 is 5.13. The van der Waals surface area contributed by atoms with Gasteiger partial charge in [-0.25, -0.2) is 4.79 Å². The zero-order chi connectivity index (χ0) is 16.6. The smallest absolute Gasteiger partial charge is 0.330 e. The van der Waals surface area contributed by atoms with Crippen LogP contribution in [0.3, 0.4) is 0 Å². The third kappa shape index (κ3) is 3.26. The number of nitrogens with zero attached hydrogens (tertiary/aromatic N) is 1. The van der Waals surface area contributed by atoms with Crippen molar-refractivity contribution in [3.63, 3.8) is 0 Å². The second-order valence-electron chi connectivity index (χ2n) is 5.98. The topological polar surface area (TPSA) is 92.4 Å². The summed E-state index contributed by atoms with van der Waals surface area (Å²) in [5.41, 5.74) is 2.68. The number of aliphatic carboxylic acids is 1. The van der Waals surface area contributed by atoms with Gasteiger partial charge >= 0.3 is 5.97 Å². The van der Waals surface area contributed by atoms with E-state index in [1.165, 1.54) is 0 Å². The van der Waals surface area contributed by atoms with E-state index in [1.54, 1.807) is 18.2 Å². The second-order valence-corrected chi connectivity index (χ2v) is 5.98. The molecule has 0 aliphatic heterocycles. The molecule has 1 amide bonds. The third-order valence-corrected chi connectivity index (χ3v) is 4.13. The molecule has 3 rings (SSSR count). The van der Waals surface area contributed by atoms with E-state index in [0.29, 0.717) is 17.2 Å². The number of aryl methyl sites for hydroxylation is 2. The predicted octanol–water partition coefficient (Wildman–Crippen LogP) is 2.72. The molecule has 1 heterocycles. The number of amides is 1. The summed E-state index contributed by atoms with van der Waals surface area (Å²) in [5, 5.41) is 15.7. The summed E-state index contributed by atoms with van der Waals surface area (Å²) in [4.78, 5) is 23.8. The average molecular weight is 314 g/mol. The number of carboxylic acid groups (broad SMARTS) is 1. The third-order valence-electron chi connectivity index (χ3n) is 4.13. The molecule has 1 fully saturated rings. The van der Waals surface area contributed by atoms with Crippen LogP contribution in [0.25, 0.3) is 0 Å². The van der Waals surface area contributed by atoms with Crippen LogP contribution in [0.2, 0.25) is 0 Å². The van der Waals surface area contributed by atoms with Gasteiger partial charge in [0.2, 0.25) is 0 Å². The Morgan fingerprint density at radius 2 is 2.00 bits per heavy atom. The van der Waals surface area contributed by atoms with Crippen molar-refractivity contribution in [2.45, 2.75) is 38.6 Å². The van der Waals surface area contributed by atoms with Crippen LogP contribution < -0.4 is 5.32 Å². The number of hydrogen-bond donors (Lipinski definition) is 2. The molecule has 6 heteroatoms. The van der Waals surface area contributed by atoms with Crippen molar-refractivity contribution in [2.75, 3.05) is 0 Å². The van der Waals surface area contributed by atoms with Crippen molar-refractivity contribution in [3.8, 4) is 0 Å². The van der Waals surface area contributed by atoms with E-state index >= 15 is 0 Å². The SMILES string of the molecule is Cc1ccc(C(NC(=O)c2cc(C3CC3)on2)C(=O)O)cc1C. The largest absolute Gasteiger partial charge is 0.479 e. The van der Waals surface area contributed by atoms with Crippen LogP contribution in [0, 0.1) is 13.8 Å². The Kier molecular flexibility index (Phi) is 3.90. The number of hydrogen-bond acceptors (Lipinski definition) is 4. The number of nitrogens with one attached hydrogen (secondary N) is 1. The second kappa shape index (κ2) is 5.87. The van der Waals surface area contributed by atoms with Gasteiger partial charge in [0.25, 0.3) is 5.91 Å². The lowest BCUT2D eigenvalue weighted by molar-refractivity contribution is -0.139. The number of carbonyl (C=O) groups is 2. The molecule has 1 aromatic carbocycles. The van der Waals surface area contributed by atoms with Crippen LogP contribution in [0.4, 0.5) is 0 Å². The molecule has 2 N–H and O–H groups in total. The van der Waals surface area contributed by atoms with Gasteiger partial charge < -0.3 is 14.9 Å². The zero-order valence-corrected chi connectivity index (χ0v) is 13.0. The lowest BCUT2D eigenvalue weighted by Gasteiger charge is -2.15. The van der Waals surface area contributed by atoms with Crippen molar-refractivity contribution in [1.29, 1.82) is 0 Å². The minimum atomic E-state index is -1.12. The van der Waals surface area contributed by atoms with Crippen LogP contribution in [-0.4, -0.2) is 22.1 Å². The van der Waals surface area contributed by atoms with Crippen molar-refractivity contribution in [2.24, 2.45) is 0 Å². The number of carboxylic acids is 1. The Morgan fingerprint density at radius 1 is 1.26 bits per heavy atom. The summed E-state index contributed by atoms with van der Waals surface area (Å²) in [6.45, 7) is 3.85. The highest BCUT2D eigenvalue weighted by atomic mass is 16.5. The van der Waals surface area contributed by atoms with Gasteiger partial charge in [0.05, 0.1) is 0 Å². The van der Waals surface area contributed by atoms with Crippen molar-refractivity contribution in [3.05, 3.63) is 52.4 Å². The zero-order valence-electron chi connectivity index (χ0n) is 13.0. The van der Waals surface area contributed by atoms with Gasteiger partial charge in [-0.05, 0) is 43.4 Å². The molecule has 0 saturated heterocycles. The van der Waals surface area contributed by atoms with E-state index < -0.39 is 17.9 Å². The Hall–Kier alpha value is -2.63. The van der Waals surface area contributed by atoms with Crippen LogP contribution in [0.1, 0.15) is 57.7 Å². The molecule has 1 aliphatic carbocycles. The maximum atomic E-state index is 12.2. The first-order valence-corrected chi connectivity index (χ1v) is 7.53. The molecule has 0 spiro atoms. The van der Waals surface area contributed by atoms with Gasteiger partial charge in [-0.1, -0.05) is 23.4 Å². The van der Waals surface area contributed by atoms with E-state index in [0.717, 1.165) is 24.0 Å². The molecule has 0 bridgehead atoms. The monoisotopic (exact) mass is 314 g/mol. The van der Waals surface area contributed by atoms with Crippen molar-refractivity contribution >= 4 is 11.9 Å². The quantitative estimate of drug-likeness (QED) is 0.885. The normalized spacial score (nSPS) is 15.2. The molecular weight excluding hydrogens is 296 g/mol. The van der Waals surface area contributed by atoms with E-state index in [-0.39, 0.29) is 5.69 Å². The molecule has 23 heavy (non-hydrogen) atoms. The van der Waals surface area contributed by atoms with Gasteiger partial charge in [-0.3, -0.25) is 4.79 Å². The standard InChI is InChI=1S/C17H18N2O4/c1-9-3-4-12(7-10(9)2)15(17(21)22)18-16(20)13-8-14(23-19-13)11-5-6-11/h3-4,7-8,11,15H,5-6H2,1-2H3,(H,18,20)(H,21,22). The first kappa shape index (κ1) is 15.3. The first-order chi connectivity index (χ1) is 11.0. The number of carbonyl (C=O) groups excluding carboxylic acids is 1. The lowest BCUT2D eigenvalue weighted by Crippen LogP contribution is -2.34. The van der Waals surface area contributed by atoms with Crippen LogP contribution in [0.15, 0.2) is 28.8 Å². The maximum Gasteiger partial charge on any atom is 0.330 e. The molecule has 1 atom stereocenters. The summed E-state index contributed by atoms with van der Waals surface area (Å²) in [5.74, 6) is -0.633. The van der Waals surface area contributed by atoms with Crippen molar-refractivity contribution < 1.29 is 19.2 Å². The summed E-state index contributed by atoms with van der Waals surface area (Å²) >= 11 is 0. The van der Waals surface area contributed by atoms with Gasteiger partial charge in [0.1, 0.15) is 5.76 Å². The molecule has 1 aliphatic rings. The highest BCUT2D eigenvalue weighted by Gasteiger charge is 2.30. The van der Waals surface area contributed by atoms with E-state index in [4.69, 9.17) is 4.52 Å². The minimum absolute atomic E-state index is 0.113. The van der Waals surface area contributed by atoms with E-state index in [9.17, 15) is 14.7 Å².